The molecule has 0 unspecified atom stereocenters. The van der Waals surface area contributed by atoms with Gasteiger partial charge in [0.15, 0.2) is 0 Å². The average molecular weight is 250 g/mol. The average Bonchev–Trinajstić information content (AvgIpc) is 2.43. The number of esters is 1. The molecule has 0 heterocycles. The second-order valence-corrected chi connectivity index (χ2v) is 3.70. The van der Waals surface area contributed by atoms with E-state index in [0.717, 1.165) is 12.2 Å². The molecule has 0 saturated heterocycles. The molecule has 0 aliphatic heterocycles. The summed E-state index contributed by atoms with van der Waals surface area (Å²) in [5.74, 6) is -0.655. The van der Waals surface area contributed by atoms with E-state index in [4.69, 9.17) is 0 Å². The van der Waals surface area contributed by atoms with Gasteiger partial charge in [0.1, 0.15) is 6.54 Å². The summed E-state index contributed by atoms with van der Waals surface area (Å²) >= 11 is 0. The Labute approximate surface area is 107 Å². The molecule has 1 N–H and O–H groups in total. The fourth-order valence-corrected chi connectivity index (χ4v) is 1.50. The van der Waals surface area contributed by atoms with Crippen molar-refractivity contribution in [1.82, 2.24) is 5.32 Å². The molecule has 0 bridgehead atoms. The molecule has 18 heavy (non-hydrogen) atoms. The molecule has 98 valence electrons. The first-order chi connectivity index (χ1) is 8.67. The number of hydrogen-bond acceptors (Lipinski definition) is 4. The molecule has 5 nitrogen and oxygen atoms in total. The van der Waals surface area contributed by atoms with Crippen molar-refractivity contribution in [3.8, 4) is 0 Å². The van der Waals surface area contributed by atoms with Crippen molar-refractivity contribution in [2.24, 2.45) is 0 Å². The van der Waals surface area contributed by atoms with Crippen molar-refractivity contribution >= 4 is 17.6 Å². The zero-order valence-corrected chi connectivity index (χ0v) is 10.7. The lowest BCUT2D eigenvalue weighted by Crippen LogP contribution is -2.39. The summed E-state index contributed by atoms with van der Waals surface area (Å²) in [6.45, 7) is 2.81. The van der Waals surface area contributed by atoms with E-state index in [0.29, 0.717) is 0 Å². The predicted molar refractivity (Wildman–Crippen MR) is 69.4 cm³/mol. The number of amides is 1. The smallest absolute Gasteiger partial charge is 0.325 e. The largest absolute Gasteiger partial charge is 0.468 e. The van der Waals surface area contributed by atoms with Crippen LogP contribution >= 0.6 is 0 Å². The van der Waals surface area contributed by atoms with E-state index >= 15 is 0 Å². The van der Waals surface area contributed by atoms with Gasteiger partial charge in [-0.15, -0.1) is 0 Å². The lowest BCUT2D eigenvalue weighted by molar-refractivity contribution is -0.141. The van der Waals surface area contributed by atoms with Crippen LogP contribution in [-0.4, -0.2) is 38.6 Å². The van der Waals surface area contributed by atoms with Gasteiger partial charge in [0.25, 0.3) is 0 Å². The van der Waals surface area contributed by atoms with Crippen molar-refractivity contribution in [1.29, 1.82) is 0 Å². The Bertz CT molecular complexity index is 392. The van der Waals surface area contributed by atoms with Crippen LogP contribution in [0.3, 0.4) is 0 Å². The summed E-state index contributed by atoms with van der Waals surface area (Å²) in [5.41, 5.74) is 0.980. The second-order valence-electron chi connectivity index (χ2n) is 3.70. The van der Waals surface area contributed by atoms with Gasteiger partial charge >= 0.3 is 5.97 Å². The van der Waals surface area contributed by atoms with Crippen molar-refractivity contribution in [3.63, 3.8) is 0 Å². The van der Waals surface area contributed by atoms with E-state index in [1.165, 1.54) is 7.11 Å². The van der Waals surface area contributed by atoms with Crippen LogP contribution in [0.15, 0.2) is 30.3 Å². The highest BCUT2D eigenvalue weighted by atomic mass is 16.5. The maximum absolute atomic E-state index is 11.6. The normalized spacial score (nSPS) is 9.67. The van der Waals surface area contributed by atoms with E-state index in [9.17, 15) is 9.59 Å². The molecule has 0 aliphatic carbocycles. The number of benzene rings is 1. The lowest BCUT2D eigenvalue weighted by Gasteiger charge is -2.22. The molecule has 1 aromatic rings. The minimum absolute atomic E-state index is 0.0956. The van der Waals surface area contributed by atoms with Crippen LogP contribution in [0.5, 0.6) is 0 Å². The molecule has 1 rings (SSSR count). The second kappa shape index (κ2) is 7.32. The van der Waals surface area contributed by atoms with E-state index in [2.05, 4.69) is 10.1 Å². The van der Waals surface area contributed by atoms with E-state index in [-0.39, 0.29) is 19.0 Å². The van der Waals surface area contributed by atoms with Gasteiger partial charge in [0.05, 0.1) is 13.7 Å². The standard InChI is InChI=1S/C13H18N2O3/c1-3-15(11-7-5-4-6-8-11)10-12(16)14-9-13(17)18-2/h4-8H,3,9-10H2,1-2H3,(H,14,16). The third-order valence-corrected chi connectivity index (χ3v) is 2.50. The van der Waals surface area contributed by atoms with E-state index in [1.54, 1.807) is 0 Å². The Kier molecular flexibility index (Phi) is 5.70. The number of anilines is 1. The molecule has 0 aliphatic rings. The number of methoxy groups -OCH3 is 1. The van der Waals surface area contributed by atoms with Crippen LogP contribution in [0, 0.1) is 0 Å². The Hall–Kier alpha value is -2.04. The van der Waals surface area contributed by atoms with Gasteiger partial charge in [-0.25, -0.2) is 0 Å². The third kappa shape index (κ3) is 4.45. The molecule has 0 aromatic heterocycles. The topological polar surface area (TPSA) is 58.6 Å². The molecule has 5 heteroatoms. The van der Waals surface area contributed by atoms with Crippen LogP contribution in [0.2, 0.25) is 0 Å². The maximum Gasteiger partial charge on any atom is 0.325 e. The van der Waals surface area contributed by atoms with Gasteiger partial charge in [-0.3, -0.25) is 9.59 Å². The molecule has 0 spiro atoms. The number of nitrogens with zero attached hydrogens (tertiary/aromatic N) is 1. The Morgan fingerprint density at radius 2 is 1.94 bits per heavy atom. The van der Waals surface area contributed by atoms with Gasteiger partial charge in [-0.05, 0) is 19.1 Å². The first-order valence-electron chi connectivity index (χ1n) is 5.81. The summed E-state index contributed by atoms with van der Waals surface area (Å²) in [7, 11) is 1.29. The molecule has 0 radical (unpaired) electrons. The molecule has 0 fully saturated rings. The summed E-state index contributed by atoms with van der Waals surface area (Å²) in [6, 6.07) is 9.65. The highest BCUT2D eigenvalue weighted by Crippen LogP contribution is 2.11. The van der Waals surface area contributed by atoms with Crippen molar-refractivity contribution < 1.29 is 14.3 Å². The molecule has 0 saturated carbocycles. The fourth-order valence-electron chi connectivity index (χ4n) is 1.50. The van der Waals surface area contributed by atoms with Crippen molar-refractivity contribution in [2.45, 2.75) is 6.92 Å². The van der Waals surface area contributed by atoms with Crippen molar-refractivity contribution in [3.05, 3.63) is 30.3 Å². The van der Waals surface area contributed by atoms with Crippen LogP contribution < -0.4 is 10.2 Å². The summed E-state index contributed by atoms with van der Waals surface area (Å²) < 4.78 is 4.45. The molecule has 0 atom stereocenters. The number of likely N-dealkylation sites (N-methyl/N-ethyl adjacent to an activating group) is 1. The number of ether oxygens (including phenoxy) is 1. The van der Waals surface area contributed by atoms with Crippen LogP contribution in [0.25, 0.3) is 0 Å². The third-order valence-electron chi connectivity index (χ3n) is 2.50. The monoisotopic (exact) mass is 250 g/mol. The lowest BCUT2D eigenvalue weighted by atomic mass is 10.3. The van der Waals surface area contributed by atoms with Gasteiger partial charge in [-0.2, -0.15) is 0 Å². The van der Waals surface area contributed by atoms with Crippen LogP contribution in [-0.2, 0) is 14.3 Å². The molecular weight excluding hydrogens is 232 g/mol. The van der Waals surface area contributed by atoms with Gasteiger partial charge in [0, 0.05) is 12.2 Å². The van der Waals surface area contributed by atoms with E-state index in [1.807, 2.05) is 42.2 Å². The predicted octanol–water partition coefficient (Wildman–Crippen LogP) is 0.802. The minimum atomic E-state index is -0.453. The number of rotatable bonds is 6. The minimum Gasteiger partial charge on any atom is -0.468 e. The Morgan fingerprint density at radius 3 is 2.50 bits per heavy atom. The Morgan fingerprint density at radius 1 is 1.28 bits per heavy atom. The number of carbonyl (C=O) groups excluding carboxylic acids is 2. The van der Waals surface area contributed by atoms with Gasteiger partial charge < -0.3 is 15.0 Å². The fraction of sp³-hybridized carbons (Fsp3) is 0.385. The van der Waals surface area contributed by atoms with Gasteiger partial charge in [0.2, 0.25) is 5.91 Å². The summed E-state index contributed by atoms with van der Waals surface area (Å²) in [6.07, 6.45) is 0. The number of nitrogens with one attached hydrogen (secondary N) is 1. The van der Waals surface area contributed by atoms with Crippen LogP contribution in [0.1, 0.15) is 6.92 Å². The quantitative estimate of drug-likeness (QED) is 0.759. The highest BCUT2D eigenvalue weighted by molar-refractivity contribution is 5.85. The highest BCUT2D eigenvalue weighted by Gasteiger charge is 2.10. The summed E-state index contributed by atoms with van der Waals surface area (Å²) in [4.78, 5) is 24.5. The number of para-hydroxylation sites is 1. The zero-order chi connectivity index (χ0) is 13.4. The maximum atomic E-state index is 11.6. The SMILES string of the molecule is CCN(CC(=O)NCC(=O)OC)c1ccccc1. The Balaban J connectivity index is 2.49. The zero-order valence-electron chi connectivity index (χ0n) is 10.7. The number of hydrogen-bond donors (Lipinski definition) is 1. The van der Waals surface area contributed by atoms with E-state index < -0.39 is 5.97 Å². The first-order valence-corrected chi connectivity index (χ1v) is 5.81. The molecule has 1 amide bonds. The van der Waals surface area contributed by atoms with Gasteiger partial charge in [-0.1, -0.05) is 18.2 Å². The summed E-state index contributed by atoms with van der Waals surface area (Å²) in [5, 5.41) is 2.51. The first kappa shape index (κ1) is 14.0. The van der Waals surface area contributed by atoms with Crippen LogP contribution in [0.4, 0.5) is 5.69 Å². The molecule has 1 aromatic carbocycles. The molecular formula is C13H18N2O3. The number of carbonyl (C=O) groups is 2. The van der Waals surface area contributed by atoms with Crippen molar-refractivity contribution in [2.75, 3.05) is 31.6 Å².